The van der Waals surface area contributed by atoms with E-state index in [0.29, 0.717) is 18.9 Å². The van der Waals surface area contributed by atoms with Gasteiger partial charge in [0, 0.05) is 46.2 Å². The Kier molecular flexibility index (Phi) is 9.69. The van der Waals surface area contributed by atoms with Crippen LogP contribution in [0.15, 0.2) is 18.2 Å². The van der Waals surface area contributed by atoms with Crippen molar-refractivity contribution in [2.75, 3.05) is 51.3 Å². The summed E-state index contributed by atoms with van der Waals surface area (Å²) in [4.78, 5) is 19.7. The fourth-order valence-electron chi connectivity index (χ4n) is 5.87. The van der Waals surface area contributed by atoms with Crippen LogP contribution in [0.5, 0.6) is 5.75 Å². The van der Waals surface area contributed by atoms with Crippen LogP contribution in [0.4, 0.5) is 5.69 Å². The molecular weight excluding hydrogens is 440 g/mol. The first-order valence-corrected chi connectivity index (χ1v) is 13.9. The molecule has 1 amide bonds. The Morgan fingerprint density at radius 2 is 1.94 bits per heavy atom. The van der Waals surface area contributed by atoms with Crippen molar-refractivity contribution in [3.63, 3.8) is 0 Å². The molecule has 1 aromatic carbocycles. The number of amides is 1. The molecule has 0 bridgehead atoms. The number of benzene rings is 1. The first-order valence-electron chi connectivity index (χ1n) is 13.9. The molecular formula is C28H46N4O3. The molecule has 1 saturated heterocycles. The molecule has 0 spiro atoms. The third-order valence-electron chi connectivity index (χ3n) is 8.08. The van der Waals surface area contributed by atoms with Gasteiger partial charge in [-0.05, 0) is 36.5 Å². The molecule has 2 N–H and O–H groups in total. The number of aliphatic hydroxyl groups is 1. The Labute approximate surface area is 211 Å². The molecule has 2 aliphatic heterocycles. The van der Waals surface area contributed by atoms with E-state index in [4.69, 9.17) is 4.74 Å². The molecule has 4 rings (SSSR count). The normalized spacial score (nSPS) is 25.6. The second kappa shape index (κ2) is 12.9. The second-order valence-corrected chi connectivity index (χ2v) is 10.8. The predicted molar refractivity (Wildman–Crippen MR) is 141 cm³/mol. The number of fused-ring (bicyclic) bond motifs is 1. The van der Waals surface area contributed by atoms with E-state index >= 15 is 0 Å². The predicted octanol–water partition coefficient (Wildman–Crippen LogP) is 3.60. The number of anilines is 1. The number of carbonyl (C=O) groups is 1. The van der Waals surface area contributed by atoms with Crippen LogP contribution in [0.25, 0.3) is 0 Å². The van der Waals surface area contributed by atoms with E-state index in [1.54, 1.807) is 0 Å². The Balaban J connectivity index is 1.44. The van der Waals surface area contributed by atoms with Gasteiger partial charge in [-0.2, -0.15) is 0 Å². The van der Waals surface area contributed by atoms with Crippen LogP contribution in [-0.2, 0) is 11.3 Å². The second-order valence-electron chi connectivity index (χ2n) is 10.8. The molecule has 1 aliphatic carbocycles. The number of hydrogen-bond acceptors (Lipinski definition) is 6. The van der Waals surface area contributed by atoms with Gasteiger partial charge >= 0.3 is 0 Å². The van der Waals surface area contributed by atoms with Crippen molar-refractivity contribution in [1.82, 2.24) is 15.1 Å². The number of unbranched alkanes of at least 4 members (excludes halogenated alkanes) is 1. The molecule has 1 saturated carbocycles. The third-order valence-corrected chi connectivity index (χ3v) is 8.08. The Morgan fingerprint density at radius 1 is 1.11 bits per heavy atom. The van der Waals surface area contributed by atoms with Gasteiger partial charge in [-0.25, -0.2) is 0 Å². The van der Waals surface area contributed by atoms with E-state index < -0.39 is 6.23 Å². The molecule has 7 heteroatoms. The Morgan fingerprint density at radius 3 is 2.74 bits per heavy atom. The van der Waals surface area contributed by atoms with E-state index in [1.807, 2.05) is 0 Å². The summed E-state index contributed by atoms with van der Waals surface area (Å²) in [6.45, 7) is 7.81. The minimum absolute atomic E-state index is 0.0580. The minimum Gasteiger partial charge on any atom is -0.490 e. The number of hydrogen-bond donors (Lipinski definition) is 2. The molecule has 0 radical (unpaired) electrons. The molecule has 35 heavy (non-hydrogen) atoms. The van der Waals surface area contributed by atoms with E-state index in [0.717, 1.165) is 70.0 Å². The lowest BCUT2D eigenvalue weighted by atomic mass is 9.84. The lowest BCUT2D eigenvalue weighted by Crippen LogP contribution is -2.55. The highest BCUT2D eigenvalue weighted by Gasteiger charge is 2.31. The molecule has 2 atom stereocenters. The summed E-state index contributed by atoms with van der Waals surface area (Å²) in [7, 11) is 2.10. The van der Waals surface area contributed by atoms with Gasteiger partial charge in [-0.3, -0.25) is 14.6 Å². The molecule has 3 aliphatic rings. The smallest absolute Gasteiger partial charge is 0.221 e. The summed E-state index contributed by atoms with van der Waals surface area (Å²) < 4.78 is 5.91. The van der Waals surface area contributed by atoms with Crippen LogP contribution < -0.4 is 15.0 Å². The van der Waals surface area contributed by atoms with E-state index in [9.17, 15) is 9.90 Å². The molecule has 1 aromatic rings. The van der Waals surface area contributed by atoms with Crippen LogP contribution in [0, 0.1) is 5.92 Å². The average molecular weight is 487 g/mol. The van der Waals surface area contributed by atoms with Crippen LogP contribution >= 0.6 is 0 Å². The number of likely N-dealkylation sites (N-methyl/N-ethyl adjacent to an activating group) is 1. The highest BCUT2D eigenvalue weighted by molar-refractivity contribution is 5.76. The third kappa shape index (κ3) is 7.34. The van der Waals surface area contributed by atoms with E-state index in [-0.39, 0.29) is 11.9 Å². The lowest BCUT2D eigenvalue weighted by Gasteiger charge is -2.38. The fraction of sp³-hybridized carbons (Fsp3) is 0.750. The molecule has 2 heterocycles. The average Bonchev–Trinajstić information content (AvgIpc) is 2.86. The summed E-state index contributed by atoms with van der Waals surface area (Å²) in [5.41, 5.74) is 2.34. The largest absolute Gasteiger partial charge is 0.490 e. The van der Waals surface area contributed by atoms with Gasteiger partial charge in [0.2, 0.25) is 5.91 Å². The molecule has 2 unspecified atom stereocenters. The van der Waals surface area contributed by atoms with Gasteiger partial charge in [0.1, 0.15) is 18.6 Å². The maximum atomic E-state index is 13.0. The van der Waals surface area contributed by atoms with Crippen molar-refractivity contribution < 1.29 is 14.6 Å². The van der Waals surface area contributed by atoms with Crippen LogP contribution in [0.1, 0.15) is 70.3 Å². The van der Waals surface area contributed by atoms with Crippen LogP contribution in [0.3, 0.4) is 0 Å². The first kappa shape index (κ1) is 26.2. The van der Waals surface area contributed by atoms with Crippen molar-refractivity contribution in [1.29, 1.82) is 0 Å². The molecule has 196 valence electrons. The Hall–Kier alpha value is -1.83. The van der Waals surface area contributed by atoms with Gasteiger partial charge in [0.15, 0.2) is 0 Å². The minimum atomic E-state index is -0.625. The van der Waals surface area contributed by atoms with E-state index in [2.05, 4.69) is 52.2 Å². The van der Waals surface area contributed by atoms with Crippen molar-refractivity contribution in [3.05, 3.63) is 23.8 Å². The zero-order chi connectivity index (χ0) is 24.6. The summed E-state index contributed by atoms with van der Waals surface area (Å²) in [6.07, 6.45) is 9.20. The van der Waals surface area contributed by atoms with Crippen molar-refractivity contribution in [2.45, 2.75) is 83.5 Å². The first-order chi connectivity index (χ1) is 17.0. The maximum absolute atomic E-state index is 13.0. The van der Waals surface area contributed by atoms with Gasteiger partial charge in [0.25, 0.3) is 0 Å². The molecule has 2 fully saturated rings. The topological polar surface area (TPSA) is 68.3 Å². The zero-order valence-electron chi connectivity index (χ0n) is 21.9. The zero-order valence-corrected chi connectivity index (χ0v) is 21.9. The SMILES string of the molecule is CCCCN1CCN(Cc2ccc3c(c2)OCCN3C)CCC(=O)NC(CC2CCCCC2)C1O. The summed E-state index contributed by atoms with van der Waals surface area (Å²) >= 11 is 0. The number of carbonyl (C=O) groups excluding carboxylic acids is 1. The summed E-state index contributed by atoms with van der Waals surface area (Å²) in [5.74, 6) is 1.62. The maximum Gasteiger partial charge on any atom is 0.221 e. The highest BCUT2D eigenvalue weighted by atomic mass is 16.5. The van der Waals surface area contributed by atoms with Crippen LogP contribution in [-0.4, -0.2) is 79.5 Å². The highest BCUT2D eigenvalue weighted by Crippen LogP contribution is 2.32. The quantitative estimate of drug-likeness (QED) is 0.614. The monoisotopic (exact) mass is 486 g/mol. The number of nitrogens with zero attached hydrogens (tertiary/aromatic N) is 3. The van der Waals surface area contributed by atoms with Crippen LogP contribution in [0.2, 0.25) is 0 Å². The Bertz CT molecular complexity index is 813. The standard InChI is InChI=1S/C28H46N4O3/c1-3-4-13-32-16-15-31(21-23-10-11-25-26(20-23)35-18-17-30(25)2)14-12-27(33)29-24(28(32)34)19-22-8-6-5-7-9-22/h10-11,20,22,24,28,34H,3-9,12-19,21H2,1-2H3,(H,29,33). The number of ether oxygens (including phenoxy) is 1. The molecule has 0 aromatic heterocycles. The number of rotatable bonds is 7. The van der Waals surface area contributed by atoms with E-state index in [1.165, 1.54) is 37.7 Å². The van der Waals surface area contributed by atoms with Gasteiger partial charge in [0.05, 0.1) is 18.3 Å². The summed E-state index contributed by atoms with van der Waals surface area (Å²) in [5, 5.41) is 14.7. The molecule has 7 nitrogen and oxygen atoms in total. The van der Waals surface area contributed by atoms with Gasteiger partial charge in [-0.1, -0.05) is 51.5 Å². The van der Waals surface area contributed by atoms with Crippen molar-refractivity contribution in [3.8, 4) is 5.75 Å². The van der Waals surface area contributed by atoms with Crippen molar-refractivity contribution >= 4 is 11.6 Å². The number of nitrogens with one attached hydrogen (secondary N) is 1. The lowest BCUT2D eigenvalue weighted by molar-refractivity contribution is -0.126. The van der Waals surface area contributed by atoms with Crippen molar-refractivity contribution in [2.24, 2.45) is 5.92 Å². The summed E-state index contributed by atoms with van der Waals surface area (Å²) in [6, 6.07) is 6.29. The van der Waals surface area contributed by atoms with Gasteiger partial charge in [-0.15, -0.1) is 0 Å². The number of aliphatic hydroxyl groups excluding tert-OH is 1. The fourth-order valence-corrected chi connectivity index (χ4v) is 5.87. The van der Waals surface area contributed by atoms with Gasteiger partial charge < -0.3 is 20.1 Å².